The highest BCUT2D eigenvalue weighted by Gasteiger charge is 2.17. The third kappa shape index (κ3) is 6.55. The van der Waals surface area contributed by atoms with Gasteiger partial charge in [-0.05, 0) is 51.4 Å². The highest BCUT2D eigenvalue weighted by atomic mass is 32.2. The maximum Gasteiger partial charge on any atom is 0.415 e. The predicted molar refractivity (Wildman–Crippen MR) is 110 cm³/mol. The van der Waals surface area contributed by atoms with Gasteiger partial charge in [0.15, 0.2) is 5.17 Å². The lowest BCUT2D eigenvalue weighted by Gasteiger charge is -2.18. The molecule has 1 heterocycles. The van der Waals surface area contributed by atoms with E-state index in [0.29, 0.717) is 31.7 Å². The number of aliphatic imine (C=N–C) groups is 1. The number of halogens is 1. The van der Waals surface area contributed by atoms with Crippen molar-refractivity contribution in [2.45, 2.75) is 26.7 Å². The van der Waals surface area contributed by atoms with Crippen LogP contribution in [0.25, 0.3) is 6.08 Å². The average Bonchev–Trinajstić information content (AvgIpc) is 3.09. The Kier molecular flexibility index (Phi) is 8.60. The minimum Gasteiger partial charge on any atom is -0.409 e. The Labute approximate surface area is 164 Å². The molecule has 1 aromatic carbocycles. The number of nitrogens with two attached hydrogens (primary N) is 1. The number of benzene rings is 1. The molecule has 0 atom stereocenters. The Balaban J connectivity index is 2.04. The summed E-state index contributed by atoms with van der Waals surface area (Å²) in [6.07, 6.45) is 3.37. The van der Waals surface area contributed by atoms with Gasteiger partial charge >= 0.3 is 6.09 Å². The van der Waals surface area contributed by atoms with Crippen LogP contribution in [0, 0.1) is 5.82 Å². The summed E-state index contributed by atoms with van der Waals surface area (Å²) in [6, 6.07) is 4.20. The number of unbranched alkanes of at least 4 members (excludes halogenated alkanes) is 1. The standard InChI is InChI=1S/C19H27FN4O2S/c1-3-24(4-2)19(25)26-17-12-15(20)8-7-14(17)11-16-13-23-18(27-16)22-10-6-5-9-21/h7-8,11-12H,3-6,9-10,13,21H2,1-2H3,(H,22,23)/b16-11+. The second kappa shape index (κ2) is 10.9. The molecule has 0 aliphatic carbocycles. The molecular formula is C19H27FN4O2S. The van der Waals surface area contributed by atoms with E-state index < -0.39 is 11.9 Å². The van der Waals surface area contributed by atoms with E-state index in [0.717, 1.165) is 29.5 Å². The Morgan fingerprint density at radius 3 is 2.89 bits per heavy atom. The third-order valence-electron chi connectivity index (χ3n) is 4.02. The maximum absolute atomic E-state index is 13.7. The Morgan fingerprint density at radius 1 is 1.41 bits per heavy atom. The van der Waals surface area contributed by atoms with Gasteiger partial charge in [-0.15, -0.1) is 0 Å². The maximum atomic E-state index is 13.7. The number of ether oxygens (including phenoxy) is 1. The van der Waals surface area contributed by atoms with Gasteiger partial charge in [-0.3, -0.25) is 4.99 Å². The van der Waals surface area contributed by atoms with E-state index >= 15 is 0 Å². The zero-order chi connectivity index (χ0) is 19.6. The first-order valence-electron chi connectivity index (χ1n) is 9.20. The fraction of sp³-hybridized carbons (Fsp3) is 0.474. The number of hydrogen-bond acceptors (Lipinski definition) is 6. The van der Waals surface area contributed by atoms with Crippen LogP contribution in [0.15, 0.2) is 28.1 Å². The molecule has 2 rings (SSSR count). The summed E-state index contributed by atoms with van der Waals surface area (Å²) < 4.78 is 19.1. The Hall–Kier alpha value is -2.06. The van der Waals surface area contributed by atoms with E-state index in [4.69, 9.17) is 10.5 Å². The molecule has 1 amide bonds. The normalized spacial score (nSPS) is 15.0. The molecular weight excluding hydrogens is 367 g/mol. The third-order valence-corrected chi connectivity index (χ3v) is 5.00. The molecule has 6 nitrogen and oxygen atoms in total. The lowest BCUT2D eigenvalue weighted by molar-refractivity contribution is 0.157. The van der Waals surface area contributed by atoms with Crippen molar-refractivity contribution in [3.05, 3.63) is 34.5 Å². The molecule has 0 bridgehead atoms. The topological polar surface area (TPSA) is 80.0 Å². The van der Waals surface area contributed by atoms with Crippen LogP contribution in [-0.2, 0) is 0 Å². The van der Waals surface area contributed by atoms with E-state index in [1.54, 1.807) is 11.0 Å². The van der Waals surface area contributed by atoms with Gasteiger partial charge < -0.3 is 20.7 Å². The quantitative estimate of drug-likeness (QED) is 0.660. The Bertz CT molecular complexity index is 705. The SMILES string of the molecule is CCN(CC)C(=O)Oc1cc(F)ccc1/C=C1\CN=C(NCCCCN)S1. The largest absolute Gasteiger partial charge is 0.415 e. The minimum atomic E-state index is -0.483. The van der Waals surface area contributed by atoms with Crippen molar-refractivity contribution in [3.8, 4) is 5.75 Å². The van der Waals surface area contributed by atoms with Crippen molar-refractivity contribution >= 4 is 29.1 Å². The lowest BCUT2D eigenvalue weighted by atomic mass is 10.2. The van der Waals surface area contributed by atoms with Crippen LogP contribution >= 0.6 is 11.8 Å². The summed E-state index contributed by atoms with van der Waals surface area (Å²) in [5.41, 5.74) is 6.14. The van der Waals surface area contributed by atoms with E-state index in [9.17, 15) is 9.18 Å². The zero-order valence-electron chi connectivity index (χ0n) is 15.8. The first-order chi connectivity index (χ1) is 13.1. The molecule has 0 fully saturated rings. The molecule has 0 unspecified atom stereocenters. The second-order valence-electron chi connectivity index (χ2n) is 5.98. The van der Waals surface area contributed by atoms with Crippen LogP contribution in [0.5, 0.6) is 5.75 Å². The first-order valence-corrected chi connectivity index (χ1v) is 10.0. The summed E-state index contributed by atoms with van der Waals surface area (Å²) in [7, 11) is 0. The average molecular weight is 395 g/mol. The molecule has 1 aliphatic heterocycles. The van der Waals surface area contributed by atoms with Gasteiger partial charge in [0.05, 0.1) is 6.54 Å². The highest BCUT2D eigenvalue weighted by Crippen LogP contribution is 2.30. The first kappa shape index (κ1) is 21.2. The molecule has 0 aromatic heterocycles. The molecule has 0 radical (unpaired) electrons. The van der Waals surface area contributed by atoms with Crippen molar-refractivity contribution in [2.75, 3.05) is 32.7 Å². The number of thioether (sulfide) groups is 1. The van der Waals surface area contributed by atoms with Gasteiger partial charge in [-0.1, -0.05) is 11.8 Å². The van der Waals surface area contributed by atoms with Crippen molar-refractivity contribution in [3.63, 3.8) is 0 Å². The molecule has 0 saturated carbocycles. The molecule has 148 valence electrons. The van der Waals surface area contributed by atoms with Crippen molar-refractivity contribution in [1.29, 1.82) is 0 Å². The minimum absolute atomic E-state index is 0.212. The van der Waals surface area contributed by atoms with Crippen LogP contribution < -0.4 is 15.8 Å². The highest BCUT2D eigenvalue weighted by molar-refractivity contribution is 8.17. The summed E-state index contributed by atoms with van der Waals surface area (Å²) >= 11 is 1.53. The summed E-state index contributed by atoms with van der Waals surface area (Å²) in [5.74, 6) is -0.235. The van der Waals surface area contributed by atoms with Gasteiger partial charge in [0.25, 0.3) is 0 Å². The number of amidine groups is 1. The van der Waals surface area contributed by atoms with E-state index in [2.05, 4.69) is 10.3 Å². The number of amides is 1. The molecule has 8 heteroatoms. The molecule has 27 heavy (non-hydrogen) atoms. The summed E-state index contributed by atoms with van der Waals surface area (Å²) in [6.45, 7) is 6.87. The van der Waals surface area contributed by atoms with E-state index in [1.807, 2.05) is 19.9 Å². The van der Waals surface area contributed by atoms with Gasteiger partial charge in [0, 0.05) is 36.2 Å². The molecule has 0 saturated heterocycles. The van der Waals surface area contributed by atoms with Gasteiger partial charge in [-0.25, -0.2) is 9.18 Å². The van der Waals surface area contributed by atoms with Crippen molar-refractivity contribution in [1.82, 2.24) is 10.2 Å². The molecule has 1 aromatic rings. The zero-order valence-corrected chi connectivity index (χ0v) is 16.7. The van der Waals surface area contributed by atoms with Gasteiger partial charge in [0.1, 0.15) is 11.6 Å². The lowest BCUT2D eigenvalue weighted by Crippen LogP contribution is -2.33. The fourth-order valence-corrected chi connectivity index (χ4v) is 3.37. The number of rotatable bonds is 8. The number of carbonyl (C=O) groups is 1. The van der Waals surface area contributed by atoms with E-state index in [-0.39, 0.29) is 5.75 Å². The van der Waals surface area contributed by atoms with Crippen LogP contribution in [0.2, 0.25) is 0 Å². The molecule has 3 N–H and O–H groups in total. The predicted octanol–water partition coefficient (Wildman–Crippen LogP) is 3.44. The van der Waals surface area contributed by atoms with Gasteiger partial charge in [-0.2, -0.15) is 0 Å². The van der Waals surface area contributed by atoms with E-state index in [1.165, 1.54) is 23.9 Å². The summed E-state index contributed by atoms with van der Waals surface area (Å²) in [4.78, 5) is 19.2. The van der Waals surface area contributed by atoms with Crippen LogP contribution in [0.1, 0.15) is 32.3 Å². The fourth-order valence-electron chi connectivity index (χ4n) is 2.50. The number of nitrogens with zero attached hydrogens (tertiary/aromatic N) is 2. The number of hydrogen-bond donors (Lipinski definition) is 2. The molecule has 0 spiro atoms. The van der Waals surface area contributed by atoms with Crippen molar-refractivity contribution in [2.24, 2.45) is 10.7 Å². The van der Waals surface area contributed by atoms with Crippen molar-refractivity contribution < 1.29 is 13.9 Å². The Morgan fingerprint density at radius 2 is 2.19 bits per heavy atom. The van der Waals surface area contributed by atoms with Crippen LogP contribution in [0.3, 0.4) is 0 Å². The van der Waals surface area contributed by atoms with Crippen LogP contribution in [0.4, 0.5) is 9.18 Å². The monoisotopic (exact) mass is 394 g/mol. The number of carbonyl (C=O) groups excluding carboxylic acids is 1. The second-order valence-corrected chi connectivity index (χ2v) is 7.09. The van der Waals surface area contributed by atoms with Crippen LogP contribution in [-0.4, -0.2) is 48.9 Å². The number of nitrogens with one attached hydrogen (secondary N) is 1. The summed E-state index contributed by atoms with van der Waals surface area (Å²) in [5, 5.41) is 4.15. The van der Waals surface area contributed by atoms with Gasteiger partial charge in [0.2, 0.25) is 0 Å². The smallest absolute Gasteiger partial charge is 0.409 e. The molecule has 1 aliphatic rings.